The van der Waals surface area contributed by atoms with Crippen molar-refractivity contribution in [3.05, 3.63) is 35.1 Å². The second kappa shape index (κ2) is 6.08. The van der Waals surface area contributed by atoms with Crippen molar-refractivity contribution in [3.8, 4) is 0 Å². The predicted octanol–water partition coefficient (Wildman–Crippen LogP) is 1.84. The van der Waals surface area contributed by atoms with Gasteiger partial charge in [-0.2, -0.15) is 5.10 Å². The standard InChI is InChI=1S/C12H16ClN5O2S/c1-7(2)11(12-15-8(3)16-17-12)18-21(19,20)10-4-9(13)5-14-6-10/h4-7,11,18H,1-3H3,(H,15,16,17). The zero-order chi connectivity index (χ0) is 15.6. The van der Waals surface area contributed by atoms with Crippen molar-refractivity contribution in [3.63, 3.8) is 0 Å². The molecule has 0 saturated heterocycles. The van der Waals surface area contributed by atoms with Crippen molar-refractivity contribution in [2.24, 2.45) is 5.92 Å². The van der Waals surface area contributed by atoms with Gasteiger partial charge < -0.3 is 0 Å². The first-order valence-corrected chi connectivity index (χ1v) is 8.17. The van der Waals surface area contributed by atoms with Crippen molar-refractivity contribution >= 4 is 21.6 Å². The van der Waals surface area contributed by atoms with Crippen LogP contribution in [-0.2, 0) is 10.0 Å². The first kappa shape index (κ1) is 15.9. The number of aromatic nitrogens is 4. The number of nitrogens with zero attached hydrogens (tertiary/aromatic N) is 3. The summed E-state index contributed by atoms with van der Waals surface area (Å²) in [5.41, 5.74) is 0. The SMILES string of the molecule is Cc1nc(C(NS(=O)(=O)c2cncc(Cl)c2)C(C)C)n[nH]1. The molecule has 9 heteroatoms. The zero-order valence-corrected chi connectivity index (χ0v) is 13.4. The third kappa shape index (κ3) is 3.78. The number of sulfonamides is 1. The number of nitrogens with one attached hydrogen (secondary N) is 2. The van der Waals surface area contributed by atoms with Gasteiger partial charge >= 0.3 is 0 Å². The summed E-state index contributed by atoms with van der Waals surface area (Å²) < 4.78 is 27.4. The molecule has 7 nitrogen and oxygen atoms in total. The van der Waals surface area contributed by atoms with Crippen LogP contribution in [0.15, 0.2) is 23.4 Å². The fourth-order valence-corrected chi connectivity index (χ4v) is 3.33. The molecule has 0 aliphatic carbocycles. The minimum Gasteiger partial charge on any atom is -0.263 e. The Balaban J connectivity index is 2.32. The summed E-state index contributed by atoms with van der Waals surface area (Å²) >= 11 is 5.79. The van der Waals surface area contributed by atoms with Crippen LogP contribution in [0, 0.1) is 12.8 Å². The molecule has 0 aromatic carbocycles. The van der Waals surface area contributed by atoms with Crippen LogP contribution in [0.2, 0.25) is 5.02 Å². The smallest absolute Gasteiger partial charge is 0.242 e. The van der Waals surface area contributed by atoms with E-state index in [0.29, 0.717) is 11.6 Å². The first-order valence-electron chi connectivity index (χ1n) is 6.31. The minimum atomic E-state index is -3.76. The van der Waals surface area contributed by atoms with Crippen LogP contribution in [0.3, 0.4) is 0 Å². The Morgan fingerprint density at radius 2 is 2.05 bits per heavy atom. The van der Waals surface area contributed by atoms with Gasteiger partial charge in [0.25, 0.3) is 0 Å². The summed E-state index contributed by atoms with van der Waals surface area (Å²) in [4.78, 5) is 7.99. The van der Waals surface area contributed by atoms with Crippen molar-refractivity contribution in [1.82, 2.24) is 24.9 Å². The van der Waals surface area contributed by atoms with Gasteiger partial charge in [0, 0.05) is 12.4 Å². The van der Waals surface area contributed by atoms with Crippen LogP contribution < -0.4 is 4.72 Å². The maximum Gasteiger partial charge on any atom is 0.242 e. The number of hydrogen-bond donors (Lipinski definition) is 2. The number of hydrogen-bond acceptors (Lipinski definition) is 5. The molecule has 0 spiro atoms. The average molecular weight is 330 g/mol. The van der Waals surface area contributed by atoms with Gasteiger partial charge in [-0.1, -0.05) is 25.4 Å². The third-order valence-electron chi connectivity index (χ3n) is 2.83. The quantitative estimate of drug-likeness (QED) is 0.871. The number of H-pyrrole nitrogens is 1. The van der Waals surface area contributed by atoms with Gasteiger partial charge in [0.1, 0.15) is 10.7 Å². The second-order valence-corrected chi connectivity index (χ2v) is 7.11. The van der Waals surface area contributed by atoms with E-state index >= 15 is 0 Å². The van der Waals surface area contributed by atoms with E-state index in [9.17, 15) is 8.42 Å². The van der Waals surface area contributed by atoms with Crippen molar-refractivity contribution < 1.29 is 8.42 Å². The highest BCUT2D eigenvalue weighted by Crippen LogP contribution is 2.22. The average Bonchev–Trinajstić information content (AvgIpc) is 2.82. The lowest BCUT2D eigenvalue weighted by Gasteiger charge is -2.19. The van der Waals surface area contributed by atoms with E-state index in [4.69, 9.17) is 11.6 Å². The van der Waals surface area contributed by atoms with E-state index in [2.05, 4.69) is 24.9 Å². The summed E-state index contributed by atoms with van der Waals surface area (Å²) in [6.07, 6.45) is 2.62. The fourth-order valence-electron chi connectivity index (χ4n) is 1.76. The molecule has 1 unspecified atom stereocenters. The molecule has 0 aliphatic rings. The Morgan fingerprint density at radius 1 is 1.33 bits per heavy atom. The van der Waals surface area contributed by atoms with Gasteiger partial charge in [-0.3, -0.25) is 10.1 Å². The molecule has 0 saturated carbocycles. The topological polar surface area (TPSA) is 101 Å². The molecule has 114 valence electrons. The lowest BCUT2D eigenvalue weighted by atomic mass is 10.1. The molecule has 21 heavy (non-hydrogen) atoms. The van der Waals surface area contributed by atoms with Gasteiger partial charge in [-0.25, -0.2) is 18.1 Å². The van der Waals surface area contributed by atoms with Crippen LogP contribution in [-0.4, -0.2) is 28.6 Å². The van der Waals surface area contributed by atoms with Gasteiger partial charge in [0.15, 0.2) is 5.82 Å². The van der Waals surface area contributed by atoms with Gasteiger partial charge in [0.05, 0.1) is 11.1 Å². The third-order valence-corrected chi connectivity index (χ3v) is 4.45. The molecule has 2 heterocycles. The highest BCUT2D eigenvalue weighted by molar-refractivity contribution is 7.89. The van der Waals surface area contributed by atoms with Crippen LogP contribution in [0.4, 0.5) is 0 Å². The number of aryl methyl sites for hydroxylation is 1. The summed E-state index contributed by atoms with van der Waals surface area (Å²) in [6, 6.07) is 0.802. The van der Waals surface area contributed by atoms with E-state index in [0.717, 1.165) is 0 Å². The summed E-state index contributed by atoms with van der Waals surface area (Å²) in [7, 11) is -3.76. The Morgan fingerprint density at radius 3 is 2.57 bits per heavy atom. The highest BCUT2D eigenvalue weighted by Gasteiger charge is 2.27. The zero-order valence-electron chi connectivity index (χ0n) is 11.8. The van der Waals surface area contributed by atoms with E-state index in [1.807, 2.05) is 13.8 Å². The number of halogens is 1. The van der Waals surface area contributed by atoms with Crippen LogP contribution in [0.1, 0.15) is 31.5 Å². The largest absolute Gasteiger partial charge is 0.263 e. The number of aromatic amines is 1. The van der Waals surface area contributed by atoms with Crippen LogP contribution in [0.5, 0.6) is 0 Å². The lowest BCUT2D eigenvalue weighted by Crippen LogP contribution is -2.32. The number of rotatable bonds is 5. The van der Waals surface area contributed by atoms with Gasteiger partial charge in [-0.05, 0) is 18.9 Å². The van der Waals surface area contributed by atoms with Crippen molar-refractivity contribution in [2.45, 2.75) is 31.7 Å². The van der Waals surface area contributed by atoms with E-state index in [1.165, 1.54) is 18.5 Å². The molecule has 0 aliphatic heterocycles. The second-order valence-electron chi connectivity index (χ2n) is 4.96. The molecule has 1 atom stereocenters. The fraction of sp³-hybridized carbons (Fsp3) is 0.417. The number of pyridine rings is 1. The lowest BCUT2D eigenvalue weighted by molar-refractivity contribution is 0.445. The van der Waals surface area contributed by atoms with E-state index in [1.54, 1.807) is 6.92 Å². The molecule has 0 bridgehead atoms. The van der Waals surface area contributed by atoms with E-state index < -0.39 is 16.1 Å². The molecule has 2 aromatic rings. The van der Waals surface area contributed by atoms with Gasteiger partial charge in [0.2, 0.25) is 10.0 Å². The molecular weight excluding hydrogens is 314 g/mol. The summed E-state index contributed by atoms with van der Waals surface area (Å²) in [5.74, 6) is 1.00. The van der Waals surface area contributed by atoms with E-state index in [-0.39, 0.29) is 15.8 Å². The maximum absolute atomic E-state index is 12.4. The van der Waals surface area contributed by atoms with Crippen molar-refractivity contribution in [1.29, 1.82) is 0 Å². The Bertz CT molecular complexity index is 729. The monoisotopic (exact) mass is 329 g/mol. The van der Waals surface area contributed by atoms with Crippen molar-refractivity contribution in [2.75, 3.05) is 0 Å². The molecule has 2 rings (SSSR count). The molecule has 0 radical (unpaired) electrons. The Labute approximate surface area is 128 Å². The molecule has 2 N–H and O–H groups in total. The minimum absolute atomic E-state index is 0.00732. The Kier molecular flexibility index (Phi) is 4.60. The Hall–Kier alpha value is -1.51. The molecule has 0 amide bonds. The predicted molar refractivity (Wildman–Crippen MR) is 78.3 cm³/mol. The molecular formula is C12H16ClN5O2S. The maximum atomic E-state index is 12.4. The van der Waals surface area contributed by atoms with Gasteiger partial charge in [-0.15, -0.1) is 0 Å². The summed E-state index contributed by atoms with van der Waals surface area (Å²) in [5, 5.41) is 6.99. The van der Waals surface area contributed by atoms with Crippen LogP contribution in [0.25, 0.3) is 0 Å². The highest BCUT2D eigenvalue weighted by atomic mass is 35.5. The summed E-state index contributed by atoms with van der Waals surface area (Å²) in [6.45, 7) is 5.52. The molecule has 2 aromatic heterocycles. The first-order chi connectivity index (χ1) is 9.79. The molecule has 0 fully saturated rings. The van der Waals surface area contributed by atoms with Crippen LogP contribution >= 0.6 is 11.6 Å². The normalized spacial score (nSPS) is 13.6.